The fourth-order valence-electron chi connectivity index (χ4n) is 6.32. The summed E-state index contributed by atoms with van der Waals surface area (Å²) >= 11 is 0. The predicted octanol–water partition coefficient (Wildman–Crippen LogP) is 15.2. The minimum absolute atomic E-state index is 0.945. The highest BCUT2D eigenvalue weighted by atomic mass is 14.1. The Morgan fingerprint density at radius 3 is 0.692 bits per heavy atom. The van der Waals surface area contributed by atoms with E-state index in [1.807, 2.05) is 0 Å². The predicted molar refractivity (Wildman–Crippen MR) is 182 cm³/mol. The van der Waals surface area contributed by atoms with E-state index < -0.39 is 0 Å². The molecule has 0 aromatic rings. The highest BCUT2D eigenvalue weighted by Gasteiger charge is 2.03. The third-order valence-corrected chi connectivity index (χ3v) is 9.64. The van der Waals surface area contributed by atoms with Crippen molar-refractivity contribution in [1.29, 1.82) is 0 Å². The largest absolute Gasteiger partial charge is 0.0654 e. The Morgan fingerprint density at radius 1 is 0.256 bits per heavy atom. The average molecular weight is 549 g/mol. The van der Waals surface area contributed by atoms with Crippen molar-refractivity contribution >= 4 is 0 Å². The first-order chi connectivity index (χ1) is 19.2. The van der Waals surface area contributed by atoms with E-state index in [1.165, 1.54) is 212 Å². The Bertz CT molecular complexity index is 412. The van der Waals surface area contributed by atoms with Gasteiger partial charge in [0.1, 0.15) is 0 Å². The zero-order valence-corrected chi connectivity index (χ0v) is 28.5. The molecule has 0 bridgehead atoms. The molecule has 236 valence electrons. The Hall–Kier alpha value is 0. The van der Waals surface area contributed by atoms with E-state index in [2.05, 4.69) is 27.7 Å². The molecule has 0 amide bonds. The van der Waals surface area contributed by atoms with Crippen molar-refractivity contribution in [3.05, 3.63) is 0 Å². The SMILES string of the molecule is CCCCCCCCCCCCCCCCCCCCCCC(C)CCCCCCCCCCCC(C)CC. The summed E-state index contributed by atoms with van der Waals surface area (Å²) in [5.41, 5.74) is 0. The van der Waals surface area contributed by atoms with Gasteiger partial charge >= 0.3 is 0 Å². The van der Waals surface area contributed by atoms with Crippen LogP contribution in [-0.2, 0) is 0 Å². The molecule has 0 N–H and O–H groups in total. The number of rotatable bonds is 34. The molecule has 0 saturated heterocycles. The highest BCUT2D eigenvalue weighted by molar-refractivity contribution is 4.57. The minimum Gasteiger partial charge on any atom is -0.0654 e. The van der Waals surface area contributed by atoms with E-state index in [1.54, 1.807) is 0 Å². The van der Waals surface area contributed by atoms with E-state index >= 15 is 0 Å². The minimum atomic E-state index is 0.945. The van der Waals surface area contributed by atoms with Crippen LogP contribution in [0.4, 0.5) is 0 Å². The van der Waals surface area contributed by atoms with Crippen molar-refractivity contribution < 1.29 is 0 Å². The van der Waals surface area contributed by atoms with Crippen LogP contribution in [0.15, 0.2) is 0 Å². The van der Waals surface area contributed by atoms with Crippen LogP contribution in [0.5, 0.6) is 0 Å². The smallest absolute Gasteiger partial charge is 0.0443 e. The molecule has 0 aliphatic carbocycles. The van der Waals surface area contributed by atoms with Crippen molar-refractivity contribution in [2.24, 2.45) is 11.8 Å². The second-order valence-corrected chi connectivity index (χ2v) is 13.9. The van der Waals surface area contributed by atoms with Gasteiger partial charge in [0.25, 0.3) is 0 Å². The quantitative estimate of drug-likeness (QED) is 0.0701. The molecule has 0 aliphatic rings. The van der Waals surface area contributed by atoms with E-state index in [0.717, 1.165) is 11.8 Å². The maximum absolute atomic E-state index is 2.51. The average Bonchev–Trinajstić information content (AvgIpc) is 2.94. The second kappa shape index (κ2) is 34.2. The van der Waals surface area contributed by atoms with Crippen LogP contribution in [0.2, 0.25) is 0 Å². The molecular formula is C39H80. The zero-order valence-electron chi connectivity index (χ0n) is 28.5. The molecule has 0 rings (SSSR count). The number of unbranched alkanes of at least 4 members (excludes halogenated alkanes) is 27. The van der Waals surface area contributed by atoms with Crippen LogP contribution in [-0.4, -0.2) is 0 Å². The normalized spacial score (nSPS) is 13.2. The molecule has 2 atom stereocenters. The molecule has 0 heterocycles. The molecule has 0 radical (unpaired) electrons. The van der Waals surface area contributed by atoms with Crippen LogP contribution in [0, 0.1) is 11.8 Å². The fraction of sp³-hybridized carbons (Fsp3) is 1.00. The zero-order chi connectivity index (χ0) is 28.5. The van der Waals surface area contributed by atoms with E-state index in [0.29, 0.717) is 0 Å². The van der Waals surface area contributed by atoms with Crippen molar-refractivity contribution in [2.45, 2.75) is 240 Å². The number of hydrogen-bond donors (Lipinski definition) is 0. The molecule has 0 nitrogen and oxygen atoms in total. The third kappa shape index (κ3) is 34.1. The summed E-state index contributed by atoms with van der Waals surface area (Å²) in [4.78, 5) is 0. The Labute approximate surface area is 251 Å². The van der Waals surface area contributed by atoms with Gasteiger partial charge in [0, 0.05) is 0 Å². The van der Waals surface area contributed by atoms with Crippen LogP contribution >= 0.6 is 0 Å². The summed E-state index contributed by atoms with van der Waals surface area (Å²) in [6.45, 7) is 9.55. The lowest BCUT2D eigenvalue weighted by molar-refractivity contribution is 0.429. The third-order valence-electron chi connectivity index (χ3n) is 9.64. The first kappa shape index (κ1) is 39.0. The lowest BCUT2D eigenvalue weighted by Crippen LogP contribution is -1.95. The van der Waals surface area contributed by atoms with Gasteiger partial charge in [0.15, 0.2) is 0 Å². The van der Waals surface area contributed by atoms with Crippen molar-refractivity contribution in [2.75, 3.05) is 0 Å². The van der Waals surface area contributed by atoms with E-state index in [4.69, 9.17) is 0 Å². The van der Waals surface area contributed by atoms with Gasteiger partial charge in [-0.25, -0.2) is 0 Å². The van der Waals surface area contributed by atoms with Crippen molar-refractivity contribution in [3.8, 4) is 0 Å². The summed E-state index contributed by atoms with van der Waals surface area (Å²) in [6.07, 6.45) is 48.7. The molecular weight excluding hydrogens is 468 g/mol. The van der Waals surface area contributed by atoms with Crippen LogP contribution in [0.3, 0.4) is 0 Å². The molecule has 0 heteroatoms. The van der Waals surface area contributed by atoms with Gasteiger partial charge < -0.3 is 0 Å². The second-order valence-electron chi connectivity index (χ2n) is 13.9. The molecule has 0 aromatic carbocycles. The Balaban J connectivity index is 3.15. The maximum Gasteiger partial charge on any atom is -0.0443 e. The summed E-state index contributed by atoms with van der Waals surface area (Å²) in [6, 6.07) is 0. The molecule has 0 aliphatic heterocycles. The Kier molecular flexibility index (Phi) is 34.2. The van der Waals surface area contributed by atoms with Gasteiger partial charge in [-0.2, -0.15) is 0 Å². The van der Waals surface area contributed by atoms with Crippen LogP contribution in [0.25, 0.3) is 0 Å². The van der Waals surface area contributed by atoms with Gasteiger partial charge in [-0.15, -0.1) is 0 Å². The summed E-state index contributed by atoms with van der Waals surface area (Å²) in [7, 11) is 0. The standard InChI is InChI=1S/C39H80/c1-5-7-8-9-10-11-12-13-14-15-16-17-18-19-20-21-23-27-30-33-36-39(4)37-34-31-28-25-22-24-26-29-32-35-38(3)6-2/h38-39H,5-37H2,1-4H3. The Morgan fingerprint density at radius 2 is 0.462 bits per heavy atom. The summed E-state index contributed by atoms with van der Waals surface area (Å²) in [5, 5.41) is 0. The van der Waals surface area contributed by atoms with Crippen LogP contribution in [0.1, 0.15) is 240 Å². The molecule has 0 saturated carbocycles. The van der Waals surface area contributed by atoms with Crippen molar-refractivity contribution in [1.82, 2.24) is 0 Å². The molecule has 0 spiro atoms. The van der Waals surface area contributed by atoms with Crippen LogP contribution < -0.4 is 0 Å². The summed E-state index contributed by atoms with van der Waals surface area (Å²) in [5.74, 6) is 1.91. The molecule has 0 fully saturated rings. The van der Waals surface area contributed by atoms with Gasteiger partial charge in [0.05, 0.1) is 0 Å². The molecule has 39 heavy (non-hydrogen) atoms. The summed E-state index contributed by atoms with van der Waals surface area (Å²) < 4.78 is 0. The topological polar surface area (TPSA) is 0 Å². The highest BCUT2D eigenvalue weighted by Crippen LogP contribution is 2.20. The van der Waals surface area contributed by atoms with E-state index in [9.17, 15) is 0 Å². The van der Waals surface area contributed by atoms with Gasteiger partial charge in [-0.3, -0.25) is 0 Å². The lowest BCUT2D eigenvalue weighted by Gasteiger charge is -2.11. The first-order valence-corrected chi connectivity index (χ1v) is 19.2. The number of hydrogen-bond acceptors (Lipinski definition) is 0. The van der Waals surface area contributed by atoms with Gasteiger partial charge in [-0.1, -0.05) is 240 Å². The van der Waals surface area contributed by atoms with Crippen molar-refractivity contribution in [3.63, 3.8) is 0 Å². The van der Waals surface area contributed by atoms with E-state index in [-0.39, 0.29) is 0 Å². The van der Waals surface area contributed by atoms with Gasteiger partial charge in [0.2, 0.25) is 0 Å². The molecule has 2 unspecified atom stereocenters. The maximum atomic E-state index is 2.51. The fourth-order valence-corrected chi connectivity index (χ4v) is 6.32. The molecule has 0 aromatic heterocycles. The first-order valence-electron chi connectivity index (χ1n) is 19.2. The monoisotopic (exact) mass is 549 g/mol. The van der Waals surface area contributed by atoms with Gasteiger partial charge in [-0.05, 0) is 11.8 Å². The lowest BCUT2D eigenvalue weighted by atomic mass is 9.95.